The molecule has 11 heteroatoms. The molecule has 0 aliphatic carbocycles. The van der Waals surface area contributed by atoms with E-state index in [1.807, 2.05) is 45.0 Å². The van der Waals surface area contributed by atoms with Crippen molar-refractivity contribution in [1.82, 2.24) is 4.90 Å². The number of rotatable bonds is 11. The monoisotopic (exact) mass is 664 g/mol. The molecule has 5 nitrogen and oxygen atoms in total. The summed E-state index contributed by atoms with van der Waals surface area (Å²) in [4.78, 5) is 17.7. The van der Waals surface area contributed by atoms with E-state index in [0.717, 1.165) is 29.2 Å². The van der Waals surface area contributed by atoms with E-state index in [1.54, 1.807) is 49.1 Å². The topological polar surface area (TPSA) is 62.1 Å². The first-order valence-electron chi connectivity index (χ1n) is 15.3. The highest BCUT2D eigenvalue weighted by atomic mass is 19.4. The van der Waals surface area contributed by atoms with Gasteiger partial charge in [-0.2, -0.15) is 26.3 Å². The zero-order valence-corrected chi connectivity index (χ0v) is 27.7. The van der Waals surface area contributed by atoms with Gasteiger partial charge in [-0.3, -0.25) is 0 Å². The fourth-order valence-corrected chi connectivity index (χ4v) is 4.53. The van der Waals surface area contributed by atoms with Crippen LogP contribution in [0.15, 0.2) is 77.8 Å². The maximum Gasteiger partial charge on any atom is 0.416 e. The molecule has 0 saturated carbocycles. The van der Waals surface area contributed by atoms with Gasteiger partial charge in [0.2, 0.25) is 0 Å². The predicted molar refractivity (Wildman–Crippen MR) is 173 cm³/mol. The summed E-state index contributed by atoms with van der Waals surface area (Å²) in [5.74, 6) is -0.436. The lowest BCUT2D eigenvalue weighted by atomic mass is 10.0. The van der Waals surface area contributed by atoms with Gasteiger partial charge in [-0.05, 0) is 87.6 Å². The number of alkyl halides is 6. The van der Waals surface area contributed by atoms with E-state index >= 15 is 0 Å². The lowest BCUT2D eigenvalue weighted by Crippen LogP contribution is -2.37. The minimum atomic E-state index is -5.01. The second-order valence-electron chi connectivity index (χ2n) is 11.0. The highest BCUT2D eigenvalue weighted by Gasteiger charge is 2.38. The number of nitrogens with zero attached hydrogens (tertiary/aromatic N) is 2. The Hall–Kier alpha value is -4.28. The van der Waals surface area contributed by atoms with Gasteiger partial charge < -0.3 is 14.7 Å². The van der Waals surface area contributed by atoms with Crippen LogP contribution in [0.5, 0.6) is 5.75 Å². The Bertz CT molecular complexity index is 1540. The number of carbonyl (C=O) groups is 1. The van der Waals surface area contributed by atoms with Crippen molar-refractivity contribution in [3.05, 3.63) is 106 Å². The molecular weight excluding hydrogens is 622 g/mol. The fourth-order valence-electron chi connectivity index (χ4n) is 4.53. The van der Waals surface area contributed by atoms with E-state index < -0.39 is 35.0 Å². The van der Waals surface area contributed by atoms with Gasteiger partial charge >= 0.3 is 18.3 Å². The van der Waals surface area contributed by atoms with Gasteiger partial charge in [-0.25, -0.2) is 9.79 Å². The van der Waals surface area contributed by atoms with Crippen LogP contribution in [-0.4, -0.2) is 34.0 Å². The molecule has 47 heavy (non-hydrogen) atoms. The molecule has 3 rings (SSSR count). The van der Waals surface area contributed by atoms with E-state index in [9.17, 15) is 36.2 Å². The molecule has 256 valence electrons. The number of carboxylic acid groups (broad SMARTS) is 1. The Labute approximate surface area is 272 Å². The number of aliphatic imine (C=N–C) groups is 1. The maximum absolute atomic E-state index is 14.0. The van der Waals surface area contributed by atoms with Crippen molar-refractivity contribution in [3.63, 3.8) is 0 Å². The van der Waals surface area contributed by atoms with E-state index in [4.69, 9.17) is 9.73 Å². The number of hydrogen-bond acceptors (Lipinski definition) is 3. The zero-order valence-electron chi connectivity index (χ0n) is 27.7. The Kier molecular flexibility index (Phi) is 13.7. The summed E-state index contributed by atoms with van der Waals surface area (Å²) in [6, 6.07) is 16.0. The van der Waals surface area contributed by atoms with Crippen LogP contribution >= 0.6 is 0 Å². The molecular formula is C36H42F6N2O3. The molecule has 0 aliphatic heterocycles. The number of amidine groups is 1. The van der Waals surface area contributed by atoms with Crippen LogP contribution in [0.4, 0.5) is 26.3 Å². The van der Waals surface area contributed by atoms with Crippen molar-refractivity contribution in [2.45, 2.75) is 85.8 Å². The number of ether oxygens (including phenoxy) is 1. The molecule has 0 saturated heterocycles. The van der Waals surface area contributed by atoms with Crippen molar-refractivity contribution in [2.24, 2.45) is 4.99 Å². The van der Waals surface area contributed by atoms with E-state index in [2.05, 4.69) is 0 Å². The number of aliphatic carboxylic acids is 1. The number of benzene rings is 3. The van der Waals surface area contributed by atoms with Crippen LogP contribution in [0.1, 0.15) is 81.8 Å². The standard InChI is InChI=1S/C34H36F6N2O3.C2H6/c1-6-23-9-8-10-25(19-23)30(7-2)41-22(3)42(18-17-24-11-15-28(16-12-24)45-32(4,5)31(43)44)21-26-13-14-27(33(35,36)37)20-29(26)34(38,39)40;1-2/h7-16,19-20H,6,17-18,21H2,1-5H3,(H,43,44);1-2H3/b30-7-,41-22?;. The molecule has 0 aliphatic rings. The van der Waals surface area contributed by atoms with Crippen molar-refractivity contribution in [1.29, 1.82) is 0 Å². The Balaban J connectivity index is 0.00000376. The first-order chi connectivity index (χ1) is 21.9. The SMILES string of the molecule is C/C=C(\N=C(C)N(CCc1ccc(OC(C)(C)C(=O)O)cc1)Cc1ccc(C(F)(F)F)cc1C(F)(F)F)c1cccc(CC)c1.CC. The molecule has 1 N–H and O–H groups in total. The quantitative estimate of drug-likeness (QED) is 0.126. The first-order valence-corrected chi connectivity index (χ1v) is 15.3. The van der Waals surface area contributed by atoms with Crippen molar-refractivity contribution >= 4 is 17.5 Å². The zero-order chi connectivity index (χ0) is 35.6. The van der Waals surface area contributed by atoms with Crippen LogP contribution in [0, 0.1) is 0 Å². The first kappa shape index (κ1) is 38.9. The summed E-state index contributed by atoms with van der Waals surface area (Å²) >= 11 is 0. The van der Waals surface area contributed by atoms with E-state index in [0.29, 0.717) is 29.8 Å². The molecule has 0 aromatic heterocycles. The minimum absolute atomic E-state index is 0.144. The van der Waals surface area contributed by atoms with Gasteiger partial charge in [0.05, 0.1) is 16.8 Å². The maximum atomic E-state index is 14.0. The highest BCUT2D eigenvalue weighted by Crippen LogP contribution is 2.38. The average molecular weight is 665 g/mol. The second-order valence-corrected chi connectivity index (χ2v) is 11.0. The van der Waals surface area contributed by atoms with Gasteiger partial charge in [0.15, 0.2) is 5.60 Å². The molecule has 3 aromatic carbocycles. The lowest BCUT2D eigenvalue weighted by molar-refractivity contribution is -0.152. The number of halogens is 6. The normalized spacial score (nSPS) is 12.7. The molecule has 0 heterocycles. The lowest BCUT2D eigenvalue weighted by Gasteiger charge is -2.27. The number of allylic oxidation sites excluding steroid dienone is 1. The summed E-state index contributed by atoms with van der Waals surface area (Å²) in [5, 5.41) is 9.31. The van der Waals surface area contributed by atoms with Crippen molar-refractivity contribution < 1.29 is 41.0 Å². The van der Waals surface area contributed by atoms with Gasteiger partial charge in [0.1, 0.15) is 11.6 Å². The van der Waals surface area contributed by atoms with Gasteiger partial charge in [0, 0.05) is 18.7 Å². The Morgan fingerprint density at radius 3 is 2.09 bits per heavy atom. The van der Waals surface area contributed by atoms with Gasteiger partial charge in [0.25, 0.3) is 0 Å². The summed E-state index contributed by atoms with van der Waals surface area (Å²) in [7, 11) is 0. The van der Waals surface area contributed by atoms with Crippen LogP contribution in [-0.2, 0) is 36.5 Å². The second kappa shape index (κ2) is 16.5. The van der Waals surface area contributed by atoms with E-state index in [-0.39, 0.29) is 24.7 Å². The molecule has 0 fully saturated rings. The third kappa shape index (κ3) is 11.2. The largest absolute Gasteiger partial charge is 0.478 e. The highest BCUT2D eigenvalue weighted by molar-refractivity contribution is 5.86. The van der Waals surface area contributed by atoms with Crippen molar-refractivity contribution in [3.8, 4) is 5.75 Å². The summed E-state index contributed by atoms with van der Waals surface area (Å²) in [6.07, 6.45) is -7.02. The van der Waals surface area contributed by atoms with Crippen LogP contribution in [0.3, 0.4) is 0 Å². The third-order valence-corrected chi connectivity index (χ3v) is 7.23. The van der Waals surface area contributed by atoms with Gasteiger partial charge in [-0.15, -0.1) is 0 Å². The molecule has 3 aromatic rings. The number of carboxylic acids is 1. The molecule has 0 radical (unpaired) electrons. The predicted octanol–water partition coefficient (Wildman–Crippen LogP) is 10.1. The number of aryl methyl sites for hydroxylation is 1. The van der Waals surface area contributed by atoms with Crippen molar-refractivity contribution in [2.75, 3.05) is 6.54 Å². The molecule has 0 unspecified atom stereocenters. The van der Waals surface area contributed by atoms with Crippen LogP contribution in [0.25, 0.3) is 5.70 Å². The van der Waals surface area contributed by atoms with Gasteiger partial charge in [-0.1, -0.05) is 63.2 Å². The molecule has 0 atom stereocenters. The van der Waals surface area contributed by atoms with Crippen LogP contribution < -0.4 is 4.74 Å². The molecule has 0 spiro atoms. The molecule has 0 amide bonds. The smallest absolute Gasteiger partial charge is 0.416 e. The summed E-state index contributed by atoms with van der Waals surface area (Å²) < 4.78 is 87.5. The Morgan fingerprint density at radius 2 is 1.55 bits per heavy atom. The Morgan fingerprint density at radius 1 is 0.915 bits per heavy atom. The fraction of sp³-hybridized carbons (Fsp3) is 0.389. The number of hydrogen-bond donors (Lipinski definition) is 1. The van der Waals surface area contributed by atoms with Crippen LogP contribution in [0.2, 0.25) is 0 Å². The average Bonchev–Trinajstić information content (AvgIpc) is 3.02. The molecule has 0 bridgehead atoms. The summed E-state index contributed by atoms with van der Waals surface area (Å²) in [5.41, 5.74) is -1.24. The summed E-state index contributed by atoms with van der Waals surface area (Å²) in [6.45, 7) is 12.1. The van der Waals surface area contributed by atoms with E-state index in [1.165, 1.54) is 13.8 Å². The minimum Gasteiger partial charge on any atom is -0.478 e. The third-order valence-electron chi connectivity index (χ3n) is 7.23.